The van der Waals surface area contributed by atoms with Crippen LogP contribution in [0.3, 0.4) is 0 Å². The number of nitrogens with one attached hydrogen (secondary N) is 1. The number of carbonyl (C=O) groups is 1. The molecule has 8 nitrogen and oxygen atoms in total. The molecule has 1 N–H and O–H groups in total. The second-order valence-electron chi connectivity index (χ2n) is 11.0. The van der Waals surface area contributed by atoms with Crippen LogP contribution in [0.1, 0.15) is 66.9 Å². The van der Waals surface area contributed by atoms with E-state index in [-0.39, 0.29) is 10.9 Å². The number of aryl methyl sites for hydroxylation is 1. The molecule has 0 saturated carbocycles. The minimum Gasteiger partial charge on any atom is -0.444 e. The van der Waals surface area contributed by atoms with Gasteiger partial charge in [0.25, 0.3) is 0 Å². The van der Waals surface area contributed by atoms with Gasteiger partial charge in [-0.1, -0.05) is 11.6 Å². The molecule has 0 spiro atoms. The Morgan fingerprint density at radius 3 is 2.15 bits per heavy atom. The Morgan fingerprint density at radius 2 is 1.64 bits per heavy atom. The summed E-state index contributed by atoms with van der Waals surface area (Å²) in [6.45, 7) is 15.8. The largest absolute Gasteiger partial charge is 0.494 e. The molecule has 2 saturated heterocycles. The normalized spacial score (nSPS) is 21.8. The highest BCUT2D eigenvalue weighted by Crippen LogP contribution is 2.36. The number of rotatable bonds is 4. The summed E-state index contributed by atoms with van der Waals surface area (Å²) >= 11 is 0. The number of alkyl carbamates (subject to hydrolysis) is 1. The number of hydrogen-bond acceptors (Lipinski definition) is 6. The third kappa shape index (κ3) is 5.91. The maximum atomic E-state index is 13.4. The van der Waals surface area contributed by atoms with Crippen LogP contribution in [0.2, 0.25) is 0 Å². The van der Waals surface area contributed by atoms with Crippen molar-refractivity contribution in [3.63, 3.8) is 0 Å². The predicted molar refractivity (Wildman–Crippen MR) is 128 cm³/mol. The van der Waals surface area contributed by atoms with Crippen molar-refractivity contribution in [2.45, 2.75) is 96.0 Å². The monoisotopic (exact) mass is 480 g/mol. The lowest BCUT2D eigenvalue weighted by Crippen LogP contribution is -2.47. The van der Waals surface area contributed by atoms with E-state index in [0.29, 0.717) is 31.4 Å². The maximum Gasteiger partial charge on any atom is 0.494 e. The van der Waals surface area contributed by atoms with Crippen LogP contribution in [0, 0.1) is 6.92 Å². The molecule has 2 aliphatic heterocycles. The number of sulfonamides is 1. The van der Waals surface area contributed by atoms with E-state index >= 15 is 0 Å². The Bertz CT molecular complexity index is 979. The van der Waals surface area contributed by atoms with E-state index in [1.165, 1.54) is 4.31 Å². The molecule has 0 bridgehead atoms. The van der Waals surface area contributed by atoms with Crippen LogP contribution in [0.15, 0.2) is 23.1 Å². The first-order valence-electron chi connectivity index (χ1n) is 11.5. The highest BCUT2D eigenvalue weighted by Gasteiger charge is 2.52. The van der Waals surface area contributed by atoms with Crippen molar-refractivity contribution >= 4 is 28.7 Å². The molecule has 184 valence electrons. The molecule has 2 aliphatic rings. The number of nitrogens with zero attached hydrogens (tertiary/aromatic N) is 1. The summed E-state index contributed by atoms with van der Waals surface area (Å²) in [7, 11) is -4.33. The summed E-state index contributed by atoms with van der Waals surface area (Å²) in [4.78, 5) is 12.3. The average molecular weight is 480 g/mol. The van der Waals surface area contributed by atoms with Crippen LogP contribution in [-0.4, -0.2) is 61.9 Å². The SMILES string of the molecule is Cc1cc(B2OC(C)(C)C(C)(C)O2)cc(S(=O)(=O)N2CCC(NC(=O)OC(C)(C)C)CC2)c1. The Labute approximate surface area is 198 Å². The highest BCUT2D eigenvalue weighted by atomic mass is 32.2. The van der Waals surface area contributed by atoms with Crippen molar-refractivity contribution in [3.8, 4) is 0 Å². The lowest BCUT2D eigenvalue weighted by Gasteiger charge is -2.32. The Morgan fingerprint density at radius 1 is 1.09 bits per heavy atom. The molecular formula is C23H37BN2O6S. The Kier molecular flexibility index (Phi) is 6.99. The average Bonchev–Trinajstić information content (AvgIpc) is 2.87. The van der Waals surface area contributed by atoms with Gasteiger partial charge in [-0.3, -0.25) is 0 Å². The van der Waals surface area contributed by atoms with Crippen molar-refractivity contribution in [1.82, 2.24) is 9.62 Å². The fourth-order valence-electron chi connectivity index (χ4n) is 3.90. The first kappa shape index (κ1) is 26.0. The number of hydrogen-bond donors (Lipinski definition) is 1. The van der Waals surface area contributed by atoms with Gasteiger partial charge in [0.15, 0.2) is 0 Å². The van der Waals surface area contributed by atoms with Crippen molar-refractivity contribution in [1.29, 1.82) is 0 Å². The van der Waals surface area contributed by atoms with E-state index in [0.717, 1.165) is 5.56 Å². The topological polar surface area (TPSA) is 94.2 Å². The number of amides is 1. The number of benzene rings is 1. The second-order valence-corrected chi connectivity index (χ2v) is 12.9. The van der Waals surface area contributed by atoms with Crippen LogP contribution >= 0.6 is 0 Å². The van der Waals surface area contributed by atoms with E-state index in [1.54, 1.807) is 12.1 Å². The smallest absolute Gasteiger partial charge is 0.444 e. The zero-order valence-corrected chi connectivity index (χ0v) is 21.8. The molecule has 0 unspecified atom stereocenters. The standard InChI is InChI=1S/C23H37BN2O6S/c1-16-13-17(24-31-22(5,6)23(7,8)32-24)15-19(14-16)33(28,29)26-11-9-18(10-12-26)25-20(27)30-21(2,3)4/h13-15,18H,9-12H2,1-8H3,(H,25,27). The van der Waals surface area contributed by atoms with E-state index in [1.807, 2.05) is 61.5 Å². The molecule has 0 radical (unpaired) electrons. The Hall–Kier alpha value is -1.62. The fourth-order valence-corrected chi connectivity index (χ4v) is 5.51. The molecule has 10 heteroatoms. The van der Waals surface area contributed by atoms with Crippen molar-refractivity contribution in [3.05, 3.63) is 23.8 Å². The summed E-state index contributed by atoms with van der Waals surface area (Å²) in [6.07, 6.45) is 0.567. The van der Waals surface area contributed by atoms with Gasteiger partial charge in [0.1, 0.15) is 5.60 Å². The van der Waals surface area contributed by atoms with Crippen molar-refractivity contribution in [2.75, 3.05) is 13.1 Å². The van der Waals surface area contributed by atoms with Gasteiger partial charge in [0.05, 0.1) is 16.1 Å². The van der Waals surface area contributed by atoms with Crippen molar-refractivity contribution < 1.29 is 27.3 Å². The molecule has 0 aromatic heterocycles. The second kappa shape index (κ2) is 8.87. The minimum atomic E-state index is -3.70. The maximum absolute atomic E-state index is 13.4. The number of carbonyl (C=O) groups excluding carboxylic acids is 1. The molecule has 1 aromatic carbocycles. The van der Waals surface area contributed by atoms with Crippen LogP contribution in [0.5, 0.6) is 0 Å². The van der Waals surface area contributed by atoms with Gasteiger partial charge >= 0.3 is 13.2 Å². The number of ether oxygens (including phenoxy) is 1. The van der Waals surface area contributed by atoms with Crippen LogP contribution < -0.4 is 10.8 Å². The minimum absolute atomic E-state index is 0.121. The fraction of sp³-hybridized carbons (Fsp3) is 0.696. The molecular weight excluding hydrogens is 443 g/mol. The summed E-state index contributed by atoms with van der Waals surface area (Å²) in [5.74, 6) is 0. The molecule has 2 fully saturated rings. The molecule has 0 aliphatic carbocycles. The first-order chi connectivity index (χ1) is 15.0. The van der Waals surface area contributed by atoms with Gasteiger partial charge in [0.2, 0.25) is 10.0 Å². The summed E-state index contributed by atoms with van der Waals surface area (Å²) in [6, 6.07) is 5.10. The van der Waals surface area contributed by atoms with Gasteiger partial charge < -0.3 is 19.4 Å². The molecule has 1 aromatic rings. The molecule has 1 amide bonds. The van der Waals surface area contributed by atoms with Crippen LogP contribution in [0.4, 0.5) is 4.79 Å². The van der Waals surface area contributed by atoms with Crippen LogP contribution in [-0.2, 0) is 24.1 Å². The van der Waals surface area contributed by atoms with E-state index in [9.17, 15) is 13.2 Å². The van der Waals surface area contributed by atoms with Gasteiger partial charge in [0, 0.05) is 19.1 Å². The van der Waals surface area contributed by atoms with Gasteiger partial charge in [-0.05, 0) is 85.8 Å². The van der Waals surface area contributed by atoms with E-state index in [4.69, 9.17) is 14.0 Å². The van der Waals surface area contributed by atoms with Gasteiger partial charge in [-0.2, -0.15) is 4.31 Å². The van der Waals surface area contributed by atoms with Gasteiger partial charge in [-0.15, -0.1) is 0 Å². The molecule has 0 atom stereocenters. The quantitative estimate of drug-likeness (QED) is 0.666. The predicted octanol–water partition coefficient (Wildman–Crippen LogP) is 2.97. The lowest BCUT2D eigenvalue weighted by molar-refractivity contribution is 0.00578. The molecule has 3 rings (SSSR count). The third-order valence-corrected chi connectivity index (χ3v) is 8.29. The van der Waals surface area contributed by atoms with Crippen LogP contribution in [0.25, 0.3) is 0 Å². The Balaban J connectivity index is 1.71. The first-order valence-corrected chi connectivity index (χ1v) is 12.9. The summed E-state index contributed by atoms with van der Waals surface area (Å²) in [5.41, 5.74) is -0.0860. The molecule has 33 heavy (non-hydrogen) atoms. The zero-order valence-electron chi connectivity index (χ0n) is 21.0. The van der Waals surface area contributed by atoms with Crippen molar-refractivity contribution in [2.24, 2.45) is 0 Å². The highest BCUT2D eigenvalue weighted by molar-refractivity contribution is 7.89. The van der Waals surface area contributed by atoms with E-state index < -0.39 is 40.0 Å². The molecule has 2 heterocycles. The summed E-state index contributed by atoms with van der Waals surface area (Å²) < 4.78 is 45.8. The van der Waals surface area contributed by atoms with Gasteiger partial charge in [-0.25, -0.2) is 13.2 Å². The van der Waals surface area contributed by atoms with E-state index in [2.05, 4.69) is 5.32 Å². The zero-order chi connectivity index (χ0) is 24.8. The third-order valence-electron chi connectivity index (χ3n) is 6.41. The summed E-state index contributed by atoms with van der Waals surface area (Å²) in [5, 5.41) is 2.84. The lowest BCUT2D eigenvalue weighted by atomic mass is 9.78. The number of piperidine rings is 1.